The quantitative estimate of drug-likeness (QED) is 0.682. The van der Waals surface area contributed by atoms with Crippen LogP contribution in [0.5, 0.6) is 0 Å². The summed E-state index contributed by atoms with van der Waals surface area (Å²) in [4.78, 5) is 0. The van der Waals surface area contributed by atoms with E-state index in [1.807, 2.05) is 30.3 Å². The van der Waals surface area contributed by atoms with E-state index in [2.05, 4.69) is 57.4 Å². The van der Waals surface area contributed by atoms with E-state index in [1.54, 1.807) is 0 Å². The van der Waals surface area contributed by atoms with Crippen LogP contribution in [0.25, 0.3) is 36.1 Å². The van der Waals surface area contributed by atoms with Crippen molar-refractivity contribution in [3.05, 3.63) is 69.4 Å². The molecule has 0 aliphatic rings. The maximum absolute atomic E-state index is 4.18. The molecule has 0 spiro atoms. The van der Waals surface area contributed by atoms with Crippen LogP contribution in [-0.2, 0) is 0 Å². The van der Waals surface area contributed by atoms with Gasteiger partial charge in [0.2, 0.25) is 0 Å². The van der Waals surface area contributed by atoms with Crippen LogP contribution in [0.3, 0.4) is 0 Å². The third kappa shape index (κ3) is 2.80. The number of hydrogen-bond acceptors (Lipinski definition) is 0. The van der Waals surface area contributed by atoms with Crippen molar-refractivity contribution in [2.24, 2.45) is 0 Å². The largest absolute Gasteiger partial charge is 0.0918 e. The highest BCUT2D eigenvalue weighted by molar-refractivity contribution is 5.83. The zero-order valence-electron chi connectivity index (χ0n) is 12.2. The molecule has 0 aliphatic heterocycles. The van der Waals surface area contributed by atoms with E-state index in [0.717, 1.165) is 10.4 Å². The van der Waals surface area contributed by atoms with Gasteiger partial charge in [0.15, 0.2) is 0 Å². The third-order valence-corrected chi connectivity index (χ3v) is 3.45. The molecule has 0 saturated carbocycles. The first-order valence-corrected chi connectivity index (χ1v) is 6.84. The molecule has 0 saturated heterocycles. The van der Waals surface area contributed by atoms with Crippen molar-refractivity contribution < 1.29 is 0 Å². The lowest BCUT2D eigenvalue weighted by atomic mass is 10.1. The van der Waals surface area contributed by atoms with Crippen LogP contribution in [0, 0.1) is 0 Å². The molecule has 2 aromatic carbocycles. The summed E-state index contributed by atoms with van der Waals surface area (Å²) in [5.41, 5.74) is 0. The monoisotopic (exact) mass is 260 g/mol. The van der Waals surface area contributed by atoms with Crippen molar-refractivity contribution in [1.29, 1.82) is 0 Å². The molecule has 0 radical (unpaired) electrons. The summed E-state index contributed by atoms with van der Waals surface area (Å²) in [6, 6.07) is 16.5. The van der Waals surface area contributed by atoms with Gasteiger partial charge in [-0.15, -0.1) is 0 Å². The Balaban J connectivity index is 3.22. The van der Waals surface area contributed by atoms with Gasteiger partial charge in [-0.2, -0.15) is 0 Å². The van der Waals surface area contributed by atoms with Crippen molar-refractivity contribution in [2.75, 3.05) is 0 Å². The summed E-state index contributed by atoms with van der Waals surface area (Å²) in [5, 5.41) is 6.86. The Labute approximate surface area is 120 Å². The smallest absolute Gasteiger partial charge is 0.0103 e. The number of rotatable bonds is 0. The Kier molecular flexibility index (Phi) is 4.37. The topological polar surface area (TPSA) is 0 Å². The molecule has 0 amide bonds. The highest BCUT2D eigenvalue weighted by atomic mass is 14.0. The lowest BCUT2D eigenvalue weighted by Crippen LogP contribution is -2.25. The highest BCUT2D eigenvalue weighted by Crippen LogP contribution is 1.98. The van der Waals surface area contributed by atoms with Gasteiger partial charge < -0.3 is 0 Å². The minimum absolute atomic E-state index is 0.987. The molecular formula is C20H20. The fourth-order valence-electron chi connectivity index (χ4n) is 2.37. The second-order valence-electron chi connectivity index (χ2n) is 4.76. The molecule has 0 nitrogen and oxygen atoms in total. The molecule has 100 valence electrons. The van der Waals surface area contributed by atoms with Gasteiger partial charge in [-0.3, -0.25) is 0 Å². The van der Waals surface area contributed by atoms with Crippen molar-refractivity contribution in [2.45, 2.75) is 13.8 Å². The predicted octanol–water partition coefficient (Wildman–Crippen LogP) is 2.39. The van der Waals surface area contributed by atoms with Crippen molar-refractivity contribution in [3.63, 3.8) is 0 Å². The Morgan fingerprint density at radius 2 is 1.45 bits per heavy atom. The maximum Gasteiger partial charge on any atom is -0.0103 e. The minimum atomic E-state index is 0.987. The lowest BCUT2D eigenvalue weighted by molar-refractivity contribution is 1.54. The van der Waals surface area contributed by atoms with Crippen LogP contribution in [0.15, 0.2) is 48.5 Å². The predicted molar refractivity (Wildman–Crippen MR) is 91.4 cm³/mol. The molecular weight excluding hydrogens is 240 g/mol. The average Bonchev–Trinajstić information content (AvgIpc) is 2.47. The molecule has 0 atom stereocenters. The molecule has 0 aliphatic carbocycles. The number of fused-ring (bicyclic) bond motifs is 1. The lowest BCUT2D eigenvalue weighted by Gasteiger charge is -1.98. The summed E-state index contributed by atoms with van der Waals surface area (Å²) in [6.07, 6.45) is 4.29. The third-order valence-electron chi connectivity index (χ3n) is 3.45. The summed E-state index contributed by atoms with van der Waals surface area (Å²) in [5.74, 6) is 0. The van der Waals surface area contributed by atoms with E-state index < -0.39 is 0 Å². The second-order valence-corrected chi connectivity index (χ2v) is 4.76. The number of benzene rings is 1. The van der Waals surface area contributed by atoms with Crippen LogP contribution in [0.2, 0.25) is 0 Å². The van der Waals surface area contributed by atoms with E-state index in [1.165, 1.54) is 21.2 Å². The molecule has 0 bridgehead atoms. The van der Waals surface area contributed by atoms with Crippen molar-refractivity contribution in [1.82, 2.24) is 0 Å². The zero-order valence-corrected chi connectivity index (χ0v) is 12.2. The fourth-order valence-corrected chi connectivity index (χ4v) is 2.37. The first-order valence-electron chi connectivity index (χ1n) is 6.84. The summed E-state index contributed by atoms with van der Waals surface area (Å²) in [6.45, 7) is 12.3. The Morgan fingerprint density at radius 3 is 2.15 bits per heavy atom. The van der Waals surface area contributed by atoms with Gasteiger partial charge in [0.1, 0.15) is 0 Å². The van der Waals surface area contributed by atoms with Crippen LogP contribution >= 0.6 is 0 Å². The van der Waals surface area contributed by atoms with E-state index in [0.29, 0.717) is 0 Å². The van der Waals surface area contributed by atoms with Crippen molar-refractivity contribution >= 4 is 36.1 Å². The summed E-state index contributed by atoms with van der Waals surface area (Å²) >= 11 is 0. The van der Waals surface area contributed by atoms with E-state index in [9.17, 15) is 0 Å². The Morgan fingerprint density at radius 1 is 0.750 bits per heavy atom. The van der Waals surface area contributed by atoms with Crippen LogP contribution in [-0.4, -0.2) is 0 Å². The molecule has 20 heavy (non-hydrogen) atoms. The van der Waals surface area contributed by atoms with Crippen LogP contribution < -0.4 is 20.9 Å². The van der Waals surface area contributed by atoms with Crippen LogP contribution in [0.4, 0.5) is 0 Å². The molecule has 0 aromatic heterocycles. The average molecular weight is 260 g/mol. The van der Waals surface area contributed by atoms with Gasteiger partial charge in [-0.1, -0.05) is 73.8 Å². The van der Waals surface area contributed by atoms with Gasteiger partial charge in [-0.05, 0) is 45.5 Å². The first-order chi connectivity index (χ1) is 9.67. The maximum atomic E-state index is 4.18. The fraction of sp³-hybridized carbons (Fsp3) is 0.100. The van der Waals surface area contributed by atoms with Gasteiger partial charge in [0, 0.05) is 0 Å². The van der Waals surface area contributed by atoms with Crippen LogP contribution in [0.1, 0.15) is 13.8 Å². The van der Waals surface area contributed by atoms with Gasteiger partial charge in [0.25, 0.3) is 0 Å². The Hall–Kier alpha value is -2.34. The standard InChI is InChI=1S/C20H20/c1-5-17-12-14-19-16(4)10-8-7-9-15(3)11-13-20(19)18(17)6-2/h5-14H,3-4H2,1-2H3/b9-7?,10-8?,13-11?,17-5-,18-6+. The molecule has 0 heteroatoms. The molecule has 2 rings (SSSR count). The van der Waals surface area contributed by atoms with E-state index in [-0.39, 0.29) is 0 Å². The summed E-state index contributed by atoms with van der Waals surface area (Å²) < 4.78 is 0. The number of hydrogen-bond donors (Lipinski definition) is 0. The van der Waals surface area contributed by atoms with E-state index >= 15 is 0 Å². The first kappa shape index (κ1) is 14.1. The molecule has 0 fully saturated rings. The van der Waals surface area contributed by atoms with Crippen molar-refractivity contribution in [3.8, 4) is 0 Å². The van der Waals surface area contributed by atoms with E-state index in [4.69, 9.17) is 0 Å². The normalized spacial score (nSPS) is 12.5. The van der Waals surface area contributed by atoms with Gasteiger partial charge in [0.05, 0.1) is 0 Å². The zero-order chi connectivity index (χ0) is 14.5. The minimum Gasteiger partial charge on any atom is -0.0918 e. The Bertz CT molecular complexity index is 901. The summed E-state index contributed by atoms with van der Waals surface area (Å²) in [7, 11) is 0. The molecule has 0 N–H and O–H groups in total. The van der Waals surface area contributed by atoms with Gasteiger partial charge >= 0.3 is 0 Å². The molecule has 2 aromatic rings. The molecule has 0 heterocycles. The highest BCUT2D eigenvalue weighted by Gasteiger charge is 1.93. The van der Waals surface area contributed by atoms with Gasteiger partial charge in [-0.25, -0.2) is 0 Å². The SMILES string of the molecule is C=c1ccccc(=C)c2ccc(=C/C)/c(=C\C)c2cc1. The second kappa shape index (κ2) is 6.21. The molecule has 0 unspecified atom stereocenters.